The van der Waals surface area contributed by atoms with Crippen molar-refractivity contribution in [2.24, 2.45) is 0 Å². The van der Waals surface area contributed by atoms with Gasteiger partial charge < -0.3 is 19.7 Å². The largest absolute Gasteiger partial charge is 0.466 e. The minimum absolute atomic E-state index is 0.139. The van der Waals surface area contributed by atoms with Crippen molar-refractivity contribution in [2.45, 2.75) is 71.3 Å². The molecule has 1 N–H and O–H groups in total. The van der Waals surface area contributed by atoms with Crippen molar-refractivity contribution in [3.05, 3.63) is 53.1 Å². The second kappa shape index (κ2) is 12.5. The smallest absolute Gasteiger partial charge is 0.306 e. The van der Waals surface area contributed by atoms with Gasteiger partial charge in [-0.3, -0.25) is 4.79 Å². The quantitative estimate of drug-likeness (QED) is 0.343. The predicted molar refractivity (Wildman–Crippen MR) is 142 cm³/mol. The molecule has 0 atom stereocenters. The van der Waals surface area contributed by atoms with Crippen LogP contribution in [0, 0.1) is 0 Å². The Kier molecular flexibility index (Phi) is 9.66. The molecule has 34 heavy (non-hydrogen) atoms. The number of nitrogens with zero attached hydrogens (tertiary/aromatic N) is 1. The van der Waals surface area contributed by atoms with E-state index in [0.717, 1.165) is 62.4 Å². The fourth-order valence-corrected chi connectivity index (χ4v) is 5.15. The number of hydrogen-bond donors (Lipinski definition) is 1. The summed E-state index contributed by atoms with van der Waals surface area (Å²) in [5.41, 5.74) is 4.09. The van der Waals surface area contributed by atoms with Gasteiger partial charge in [0.1, 0.15) is 0 Å². The molecule has 186 valence electrons. The molecule has 5 nitrogen and oxygen atoms in total. The van der Waals surface area contributed by atoms with E-state index in [0.29, 0.717) is 24.1 Å². The van der Waals surface area contributed by atoms with Crippen LogP contribution in [-0.4, -0.2) is 38.4 Å². The Hall–Kier alpha value is -2.24. The first kappa shape index (κ1) is 26.4. The van der Waals surface area contributed by atoms with Crippen LogP contribution in [0.5, 0.6) is 0 Å². The van der Waals surface area contributed by atoms with Gasteiger partial charge in [0.25, 0.3) is 0 Å². The molecule has 3 rings (SSSR count). The van der Waals surface area contributed by atoms with Crippen LogP contribution in [0.3, 0.4) is 0 Å². The van der Waals surface area contributed by atoms with E-state index < -0.39 is 0 Å². The summed E-state index contributed by atoms with van der Waals surface area (Å²) in [7, 11) is 0. The van der Waals surface area contributed by atoms with Crippen molar-refractivity contribution < 1.29 is 14.3 Å². The van der Waals surface area contributed by atoms with E-state index in [-0.39, 0.29) is 11.4 Å². The molecule has 1 saturated heterocycles. The third kappa shape index (κ3) is 6.25. The lowest BCUT2D eigenvalue weighted by Gasteiger charge is -2.38. The number of halogens is 1. The molecule has 1 fully saturated rings. The van der Waals surface area contributed by atoms with E-state index in [2.05, 4.69) is 49.2 Å². The lowest BCUT2D eigenvalue weighted by Crippen LogP contribution is -2.39. The number of anilines is 3. The number of rotatable bonds is 11. The zero-order valence-corrected chi connectivity index (χ0v) is 21.8. The molecule has 0 aromatic heterocycles. The maximum atomic E-state index is 12.5. The van der Waals surface area contributed by atoms with Crippen LogP contribution in [-0.2, 0) is 19.7 Å². The van der Waals surface area contributed by atoms with Crippen molar-refractivity contribution in [3.63, 3.8) is 0 Å². The monoisotopic (exact) mass is 486 g/mol. The van der Waals surface area contributed by atoms with Gasteiger partial charge in [-0.2, -0.15) is 0 Å². The van der Waals surface area contributed by atoms with Gasteiger partial charge in [-0.25, -0.2) is 0 Å². The Morgan fingerprint density at radius 2 is 1.76 bits per heavy atom. The second-order valence-electron chi connectivity index (χ2n) is 8.96. The number of ether oxygens (including phenoxy) is 2. The SMILES string of the molecule is CCOC(=O)CC(CC)(CC)c1ccc(N(CC)C2CCOCC2)c(Nc2ccc(Cl)cc2)c1. The molecule has 2 aromatic carbocycles. The topological polar surface area (TPSA) is 50.8 Å². The molecule has 0 unspecified atom stereocenters. The molecule has 0 spiro atoms. The molecular formula is C28H39ClN2O3. The van der Waals surface area contributed by atoms with Gasteiger partial charge in [0, 0.05) is 41.9 Å². The van der Waals surface area contributed by atoms with E-state index in [4.69, 9.17) is 21.1 Å². The number of nitrogens with one attached hydrogen (secondary N) is 1. The van der Waals surface area contributed by atoms with Crippen molar-refractivity contribution in [3.8, 4) is 0 Å². The van der Waals surface area contributed by atoms with E-state index >= 15 is 0 Å². The van der Waals surface area contributed by atoms with Gasteiger partial charge in [-0.1, -0.05) is 31.5 Å². The van der Waals surface area contributed by atoms with E-state index in [9.17, 15) is 4.79 Å². The van der Waals surface area contributed by atoms with E-state index in [1.807, 2.05) is 31.2 Å². The number of carbonyl (C=O) groups excluding carboxylic acids is 1. The number of hydrogen-bond acceptors (Lipinski definition) is 5. The minimum atomic E-state index is -0.267. The molecule has 2 aromatic rings. The lowest BCUT2D eigenvalue weighted by atomic mass is 9.73. The van der Waals surface area contributed by atoms with E-state index in [1.165, 1.54) is 5.69 Å². The summed E-state index contributed by atoms with van der Waals surface area (Å²) in [5.74, 6) is -0.139. The molecule has 0 amide bonds. The Bertz CT molecular complexity index is 922. The Balaban J connectivity index is 2.05. The third-order valence-electron chi connectivity index (χ3n) is 7.16. The Morgan fingerprint density at radius 1 is 1.09 bits per heavy atom. The maximum Gasteiger partial charge on any atom is 0.306 e. The molecule has 1 aliphatic rings. The standard InChI is InChI=1S/C28H39ClN2O3/c1-5-28(6-2,20-27(32)34-8-4)21-9-14-26(31(7-3)24-15-17-33-18-16-24)25(19-21)30-23-12-10-22(29)11-13-23/h9-14,19,24,30H,5-8,15-18,20H2,1-4H3. The second-order valence-corrected chi connectivity index (χ2v) is 9.40. The summed E-state index contributed by atoms with van der Waals surface area (Å²) in [5, 5.41) is 4.36. The molecule has 0 radical (unpaired) electrons. The molecule has 0 saturated carbocycles. The van der Waals surface area contributed by atoms with Crippen molar-refractivity contribution >= 4 is 34.6 Å². The van der Waals surface area contributed by atoms with Crippen LogP contribution in [0.25, 0.3) is 0 Å². The number of esters is 1. The highest BCUT2D eigenvalue weighted by Crippen LogP contribution is 2.41. The van der Waals surface area contributed by atoms with Crippen LogP contribution in [0.1, 0.15) is 65.4 Å². The number of benzene rings is 2. The summed E-state index contributed by atoms with van der Waals surface area (Å²) in [6.45, 7) is 11.3. The van der Waals surface area contributed by atoms with Gasteiger partial charge in [0.05, 0.1) is 24.4 Å². The highest BCUT2D eigenvalue weighted by atomic mass is 35.5. The minimum Gasteiger partial charge on any atom is -0.466 e. The zero-order valence-electron chi connectivity index (χ0n) is 21.0. The van der Waals surface area contributed by atoms with Crippen LogP contribution in [0.4, 0.5) is 17.1 Å². The molecule has 0 bridgehead atoms. The average Bonchev–Trinajstić information content (AvgIpc) is 2.86. The average molecular weight is 487 g/mol. The first-order valence-electron chi connectivity index (χ1n) is 12.6. The first-order chi connectivity index (χ1) is 16.5. The van der Waals surface area contributed by atoms with Gasteiger partial charge in [0.2, 0.25) is 0 Å². The molecule has 6 heteroatoms. The summed E-state index contributed by atoms with van der Waals surface area (Å²) < 4.78 is 10.9. The van der Waals surface area contributed by atoms with Gasteiger partial charge >= 0.3 is 5.97 Å². The molecule has 1 heterocycles. The molecule has 0 aliphatic carbocycles. The van der Waals surface area contributed by atoms with Crippen molar-refractivity contribution in [1.29, 1.82) is 0 Å². The van der Waals surface area contributed by atoms with Gasteiger partial charge in [-0.15, -0.1) is 0 Å². The normalized spacial score (nSPS) is 14.6. The molecule has 1 aliphatic heterocycles. The van der Waals surface area contributed by atoms with Crippen LogP contribution in [0.2, 0.25) is 5.02 Å². The van der Waals surface area contributed by atoms with Crippen LogP contribution < -0.4 is 10.2 Å². The zero-order chi connectivity index (χ0) is 24.6. The third-order valence-corrected chi connectivity index (χ3v) is 7.41. The van der Waals surface area contributed by atoms with Crippen LogP contribution >= 0.6 is 11.6 Å². The maximum absolute atomic E-state index is 12.5. The van der Waals surface area contributed by atoms with Crippen LogP contribution in [0.15, 0.2) is 42.5 Å². The molecular weight excluding hydrogens is 448 g/mol. The Morgan fingerprint density at radius 3 is 2.35 bits per heavy atom. The lowest BCUT2D eigenvalue weighted by molar-refractivity contribution is -0.144. The highest BCUT2D eigenvalue weighted by Gasteiger charge is 2.33. The predicted octanol–water partition coefficient (Wildman–Crippen LogP) is 7.10. The van der Waals surface area contributed by atoms with Gasteiger partial charge in [-0.05, 0) is 81.5 Å². The van der Waals surface area contributed by atoms with Crippen molar-refractivity contribution in [2.75, 3.05) is 36.6 Å². The Labute approximate surface area is 209 Å². The summed E-state index contributed by atoms with van der Waals surface area (Å²) in [6, 6.07) is 14.9. The number of carbonyl (C=O) groups is 1. The fourth-order valence-electron chi connectivity index (χ4n) is 5.03. The first-order valence-corrected chi connectivity index (χ1v) is 13.0. The summed E-state index contributed by atoms with van der Waals surface area (Å²) in [6.07, 6.45) is 4.14. The summed E-state index contributed by atoms with van der Waals surface area (Å²) >= 11 is 6.13. The van der Waals surface area contributed by atoms with Crippen molar-refractivity contribution in [1.82, 2.24) is 0 Å². The highest BCUT2D eigenvalue weighted by molar-refractivity contribution is 6.30. The van der Waals surface area contributed by atoms with Gasteiger partial charge in [0.15, 0.2) is 0 Å². The van der Waals surface area contributed by atoms with E-state index in [1.54, 1.807) is 0 Å². The fraction of sp³-hybridized carbons (Fsp3) is 0.536. The summed E-state index contributed by atoms with van der Waals surface area (Å²) in [4.78, 5) is 15.0.